The number of nitrogens with zero attached hydrogens (tertiary/aromatic N) is 1. The van der Waals surface area contributed by atoms with Gasteiger partial charge < -0.3 is 4.90 Å². The topological polar surface area (TPSA) is 3.24 Å². The predicted molar refractivity (Wildman–Crippen MR) is 267 cm³/mol. The summed E-state index contributed by atoms with van der Waals surface area (Å²) < 4.78 is 0. The molecular formula is C62H47N. The Bertz CT molecular complexity index is 3050. The fourth-order valence-electron chi connectivity index (χ4n) is 10.5. The normalized spacial score (nSPS) is 15.8. The van der Waals surface area contributed by atoms with Crippen LogP contribution in [0.1, 0.15) is 57.7 Å². The van der Waals surface area contributed by atoms with E-state index in [2.05, 4.69) is 248 Å². The van der Waals surface area contributed by atoms with Gasteiger partial charge in [-0.2, -0.15) is 0 Å². The molecule has 7 aromatic carbocycles. The molecule has 11 rings (SSSR count). The van der Waals surface area contributed by atoms with Gasteiger partial charge in [0.1, 0.15) is 0 Å². The predicted octanol–water partition coefficient (Wildman–Crippen LogP) is 16.0. The van der Waals surface area contributed by atoms with E-state index in [4.69, 9.17) is 0 Å². The Hall–Kier alpha value is -7.74. The van der Waals surface area contributed by atoms with Crippen molar-refractivity contribution in [2.75, 3.05) is 4.90 Å². The van der Waals surface area contributed by atoms with Gasteiger partial charge in [0, 0.05) is 23.0 Å². The van der Waals surface area contributed by atoms with Gasteiger partial charge in [-0.25, -0.2) is 0 Å². The number of allylic oxidation sites excluding steroid dienone is 15. The number of fused-ring (bicyclic) bond motifs is 7. The summed E-state index contributed by atoms with van der Waals surface area (Å²) in [6.07, 6.45) is 25.7. The van der Waals surface area contributed by atoms with E-state index in [0.29, 0.717) is 0 Å². The summed E-state index contributed by atoms with van der Waals surface area (Å²) in [7, 11) is 0. The Morgan fingerprint density at radius 2 is 1.10 bits per heavy atom. The molecule has 7 aromatic rings. The fraction of sp³-hybridized carbons (Fsp3) is 0.0645. The van der Waals surface area contributed by atoms with Crippen molar-refractivity contribution in [3.8, 4) is 22.3 Å². The fourth-order valence-corrected chi connectivity index (χ4v) is 10.5. The molecule has 0 aromatic heterocycles. The lowest BCUT2D eigenvalue weighted by Gasteiger charge is -2.33. The molecule has 4 aliphatic rings. The molecule has 0 saturated heterocycles. The van der Waals surface area contributed by atoms with Crippen LogP contribution in [0.5, 0.6) is 0 Å². The minimum Gasteiger partial charge on any atom is -0.314 e. The van der Waals surface area contributed by atoms with Gasteiger partial charge in [0.25, 0.3) is 0 Å². The van der Waals surface area contributed by atoms with E-state index in [-0.39, 0.29) is 5.92 Å². The second-order valence-corrected chi connectivity index (χ2v) is 16.7. The van der Waals surface area contributed by atoms with Gasteiger partial charge in [0.2, 0.25) is 0 Å². The average Bonchev–Trinajstić information content (AvgIpc) is 3.63. The third-order valence-corrected chi connectivity index (χ3v) is 13.3. The second-order valence-electron chi connectivity index (χ2n) is 16.7. The summed E-state index contributed by atoms with van der Waals surface area (Å²) in [6, 6.07) is 65.2. The molecule has 0 atom stereocenters. The summed E-state index contributed by atoms with van der Waals surface area (Å²) >= 11 is 0. The van der Waals surface area contributed by atoms with Crippen LogP contribution in [0.25, 0.3) is 39.0 Å². The van der Waals surface area contributed by atoms with Crippen molar-refractivity contribution >= 4 is 28.1 Å². The molecule has 0 aliphatic heterocycles. The molecule has 4 aliphatic carbocycles. The first-order valence-corrected chi connectivity index (χ1v) is 22.1. The first kappa shape index (κ1) is 38.2. The molecule has 0 saturated carbocycles. The summed E-state index contributed by atoms with van der Waals surface area (Å²) in [5.41, 5.74) is 21.2. The van der Waals surface area contributed by atoms with Crippen molar-refractivity contribution in [2.45, 2.75) is 24.2 Å². The van der Waals surface area contributed by atoms with E-state index < -0.39 is 5.41 Å². The average molecular weight is 806 g/mol. The highest BCUT2D eigenvalue weighted by Crippen LogP contribution is 2.64. The van der Waals surface area contributed by atoms with Crippen LogP contribution in [0.4, 0.5) is 11.4 Å². The minimum atomic E-state index is -0.437. The van der Waals surface area contributed by atoms with E-state index in [1.807, 2.05) is 6.08 Å². The molecule has 1 nitrogen and oxygen atoms in total. The van der Waals surface area contributed by atoms with Crippen LogP contribution in [0.3, 0.4) is 0 Å². The van der Waals surface area contributed by atoms with Crippen LogP contribution < -0.4 is 4.90 Å². The highest BCUT2D eigenvalue weighted by molar-refractivity contribution is 6.12. The summed E-state index contributed by atoms with van der Waals surface area (Å²) in [5.74, 6) is 0.250. The highest BCUT2D eigenvalue weighted by Gasteiger charge is 2.52. The molecule has 0 amide bonds. The monoisotopic (exact) mass is 805 g/mol. The lowest BCUT2D eigenvalue weighted by atomic mass is 9.68. The maximum Gasteiger partial charge on any atom is 0.0731 e. The Morgan fingerprint density at radius 1 is 0.492 bits per heavy atom. The first-order chi connectivity index (χ1) is 31.2. The number of hydrogen-bond donors (Lipinski definition) is 0. The van der Waals surface area contributed by atoms with Gasteiger partial charge >= 0.3 is 0 Å². The molecule has 1 heteroatoms. The number of benzene rings is 7. The molecule has 0 fully saturated rings. The molecule has 0 N–H and O–H groups in total. The highest BCUT2D eigenvalue weighted by atomic mass is 15.1. The molecule has 63 heavy (non-hydrogen) atoms. The first-order valence-electron chi connectivity index (χ1n) is 22.1. The Labute approximate surface area is 371 Å². The zero-order chi connectivity index (χ0) is 42.2. The van der Waals surface area contributed by atoms with Crippen LogP contribution in [0.15, 0.2) is 255 Å². The standard InChI is InChI=1S/C62H47N/c1-2-3-24-57-56-27-13-16-30-60(56)62(58-28-14-11-25-54(58)55-26-12-15-29-59(55)62)61(57)49-33-31-46(32-34-49)48-37-41-52(42-38-48)63(53-23-17-22-50(43-53)45-20-9-6-10-21-45)51-39-35-47(36-40-51)44-18-7-4-5-8-19-44/h2-37,39-41,43-44H,1,38,42H2/b24-3-. The van der Waals surface area contributed by atoms with Crippen molar-refractivity contribution in [1.29, 1.82) is 0 Å². The Balaban J connectivity index is 0.978. The molecule has 0 heterocycles. The van der Waals surface area contributed by atoms with Crippen molar-refractivity contribution in [2.24, 2.45) is 0 Å². The Morgan fingerprint density at radius 3 is 1.75 bits per heavy atom. The van der Waals surface area contributed by atoms with Gasteiger partial charge in [-0.3, -0.25) is 0 Å². The van der Waals surface area contributed by atoms with Crippen LogP contribution in [-0.4, -0.2) is 0 Å². The van der Waals surface area contributed by atoms with Gasteiger partial charge in [-0.15, -0.1) is 0 Å². The smallest absolute Gasteiger partial charge is 0.0731 e. The quantitative estimate of drug-likeness (QED) is 0.131. The summed E-state index contributed by atoms with van der Waals surface area (Å²) in [5, 5.41) is 0. The third kappa shape index (κ3) is 6.56. The van der Waals surface area contributed by atoms with Crippen molar-refractivity contribution in [3.63, 3.8) is 0 Å². The van der Waals surface area contributed by atoms with Gasteiger partial charge in [-0.05, 0) is 121 Å². The van der Waals surface area contributed by atoms with E-state index >= 15 is 0 Å². The van der Waals surface area contributed by atoms with Crippen molar-refractivity contribution < 1.29 is 0 Å². The maximum absolute atomic E-state index is 4.06. The molecule has 300 valence electrons. The van der Waals surface area contributed by atoms with Crippen LogP contribution >= 0.6 is 0 Å². The van der Waals surface area contributed by atoms with Gasteiger partial charge in [0.05, 0.1) is 5.41 Å². The van der Waals surface area contributed by atoms with Gasteiger partial charge in [-0.1, -0.05) is 219 Å². The second kappa shape index (κ2) is 16.3. The number of hydrogen-bond acceptors (Lipinski definition) is 1. The van der Waals surface area contributed by atoms with Crippen LogP contribution in [0, 0.1) is 0 Å². The van der Waals surface area contributed by atoms with Gasteiger partial charge in [0.15, 0.2) is 0 Å². The SMILES string of the molecule is C=C/C=C\C1=C(c2ccc(C3=CC=C(N(c4ccc(C5C=CC=CC=C5)cc4)c4cccc(-c5ccccc5)c4)CC3)cc2)C2(c3ccccc31)c1ccccc1-c1ccccc12. The largest absolute Gasteiger partial charge is 0.314 e. The molecule has 0 unspecified atom stereocenters. The zero-order valence-electron chi connectivity index (χ0n) is 35.2. The van der Waals surface area contributed by atoms with E-state index in [0.717, 1.165) is 24.2 Å². The lowest BCUT2D eigenvalue weighted by molar-refractivity contribution is 0.842. The van der Waals surface area contributed by atoms with Crippen LogP contribution in [0.2, 0.25) is 0 Å². The third-order valence-electron chi connectivity index (χ3n) is 13.3. The minimum absolute atomic E-state index is 0.250. The molecule has 0 bridgehead atoms. The summed E-state index contributed by atoms with van der Waals surface area (Å²) in [4.78, 5) is 2.45. The molecule has 0 radical (unpaired) electrons. The van der Waals surface area contributed by atoms with E-state index in [1.54, 1.807) is 0 Å². The maximum atomic E-state index is 4.06. The zero-order valence-corrected chi connectivity index (χ0v) is 35.2. The van der Waals surface area contributed by atoms with Crippen LogP contribution in [-0.2, 0) is 5.41 Å². The Kier molecular flexibility index (Phi) is 9.87. The number of anilines is 2. The molecular weight excluding hydrogens is 759 g/mol. The van der Waals surface area contributed by atoms with E-state index in [1.165, 1.54) is 83.6 Å². The summed E-state index contributed by atoms with van der Waals surface area (Å²) in [6.45, 7) is 4.06. The lowest BCUT2D eigenvalue weighted by Crippen LogP contribution is -2.26. The van der Waals surface area contributed by atoms with Crippen molar-refractivity contribution in [3.05, 3.63) is 294 Å². The van der Waals surface area contributed by atoms with E-state index in [9.17, 15) is 0 Å². The number of rotatable bonds is 9. The van der Waals surface area contributed by atoms with Crippen molar-refractivity contribution in [1.82, 2.24) is 0 Å². The molecule has 1 spiro atoms.